The molecule has 1 spiro atoms. The van der Waals surface area contributed by atoms with E-state index in [1.54, 1.807) is 0 Å². The fourth-order valence-electron chi connectivity index (χ4n) is 4.95. The molecule has 0 radical (unpaired) electrons. The Balaban J connectivity index is 1.44. The first kappa shape index (κ1) is 18.7. The highest BCUT2D eigenvalue weighted by Gasteiger charge is 2.46. The van der Waals surface area contributed by atoms with Crippen LogP contribution in [0.15, 0.2) is 0 Å². The molecule has 2 heterocycles. The lowest BCUT2D eigenvalue weighted by Gasteiger charge is -2.42. The summed E-state index contributed by atoms with van der Waals surface area (Å²) in [4.78, 5) is 2.65. The number of rotatable bonds is 5. The minimum absolute atomic E-state index is 0.238. The fourth-order valence-corrected chi connectivity index (χ4v) is 4.95. The zero-order valence-electron chi connectivity index (χ0n) is 16.5. The molecule has 2 saturated heterocycles. The Morgan fingerprint density at radius 2 is 1.88 bits per heavy atom. The first-order chi connectivity index (χ1) is 11.4. The first-order valence-electron chi connectivity index (χ1n) is 10.5. The summed E-state index contributed by atoms with van der Waals surface area (Å²) >= 11 is 0. The molecule has 3 aliphatic rings. The SMILES string of the molecule is CCC(C)(C)C1CCC2(CC1)OCC(CCN1CCCCC1C)O2. The molecule has 0 aromatic carbocycles. The summed E-state index contributed by atoms with van der Waals surface area (Å²) in [6.45, 7) is 12.8. The molecule has 140 valence electrons. The van der Waals surface area contributed by atoms with Crippen molar-refractivity contribution in [2.24, 2.45) is 11.3 Å². The summed E-state index contributed by atoms with van der Waals surface area (Å²) in [5.74, 6) is 0.590. The molecule has 0 amide bonds. The largest absolute Gasteiger partial charge is 0.347 e. The van der Waals surface area contributed by atoms with Gasteiger partial charge in [-0.1, -0.05) is 33.6 Å². The van der Waals surface area contributed by atoms with Crippen molar-refractivity contribution in [3.63, 3.8) is 0 Å². The van der Waals surface area contributed by atoms with E-state index in [1.807, 2.05) is 0 Å². The second kappa shape index (κ2) is 7.63. The van der Waals surface area contributed by atoms with E-state index in [9.17, 15) is 0 Å². The lowest BCUT2D eigenvalue weighted by molar-refractivity contribution is -0.197. The van der Waals surface area contributed by atoms with Crippen molar-refractivity contribution in [2.45, 2.75) is 103 Å². The molecule has 2 unspecified atom stereocenters. The van der Waals surface area contributed by atoms with E-state index in [0.29, 0.717) is 11.5 Å². The second-order valence-corrected chi connectivity index (χ2v) is 9.25. The summed E-state index contributed by atoms with van der Waals surface area (Å²) in [6, 6.07) is 0.752. The van der Waals surface area contributed by atoms with Gasteiger partial charge in [0.25, 0.3) is 0 Å². The average molecular weight is 338 g/mol. The van der Waals surface area contributed by atoms with Crippen molar-refractivity contribution in [2.75, 3.05) is 19.7 Å². The van der Waals surface area contributed by atoms with Gasteiger partial charge < -0.3 is 14.4 Å². The zero-order valence-corrected chi connectivity index (χ0v) is 16.5. The maximum Gasteiger partial charge on any atom is 0.168 e. The van der Waals surface area contributed by atoms with E-state index < -0.39 is 0 Å². The predicted molar refractivity (Wildman–Crippen MR) is 99.1 cm³/mol. The molecular formula is C21H39NO2. The van der Waals surface area contributed by atoms with Crippen LogP contribution in [0.4, 0.5) is 0 Å². The topological polar surface area (TPSA) is 21.7 Å². The van der Waals surface area contributed by atoms with Crippen LogP contribution in [0.1, 0.15) is 85.5 Å². The van der Waals surface area contributed by atoms with Crippen molar-refractivity contribution >= 4 is 0 Å². The quantitative estimate of drug-likeness (QED) is 0.705. The third-order valence-corrected chi connectivity index (χ3v) is 7.36. The Bertz CT molecular complexity index is 401. The summed E-state index contributed by atoms with van der Waals surface area (Å²) in [5.41, 5.74) is 0.462. The smallest absolute Gasteiger partial charge is 0.168 e. The van der Waals surface area contributed by atoms with Crippen LogP contribution in [0.3, 0.4) is 0 Å². The van der Waals surface area contributed by atoms with Crippen LogP contribution in [-0.2, 0) is 9.47 Å². The second-order valence-electron chi connectivity index (χ2n) is 9.25. The molecule has 3 fully saturated rings. The van der Waals surface area contributed by atoms with Crippen molar-refractivity contribution in [1.82, 2.24) is 4.90 Å². The van der Waals surface area contributed by atoms with E-state index in [1.165, 1.54) is 51.6 Å². The highest BCUT2D eigenvalue weighted by molar-refractivity contribution is 4.90. The number of nitrogens with zero attached hydrogens (tertiary/aromatic N) is 1. The monoisotopic (exact) mass is 337 g/mol. The van der Waals surface area contributed by atoms with E-state index in [2.05, 4.69) is 32.6 Å². The molecule has 0 bridgehead atoms. The Labute approximate surface area is 149 Å². The standard InChI is InChI=1S/C21H39NO2/c1-5-20(3,4)18-9-12-21(13-10-18)23-16-19(24-21)11-15-22-14-7-6-8-17(22)2/h17-19H,5-16H2,1-4H3. The third-order valence-electron chi connectivity index (χ3n) is 7.36. The van der Waals surface area contributed by atoms with Gasteiger partial charge in [-0.15, -0.1) is 0 Å². The number of hydrogen-bond acceptors (Lipinski definition) is 3. The van der Waals surface area contributed by atoms with Gasteiger partial charge in [-0.05, 0) is 56.9 Å². The Morgan fingerprint density at radius 3 is 2.54 bits per heavy atom. The highest BCUT2D eigenvalue weighted by Crippen LogP contribution is 2.47. The van der Waals surface area contributed by atoms with Gasteiger partial charge in [0.2, 0.25) is 0 Å². The molecule has 3 heteroatoms. The minimum Gasteiger partial charge on any atom is -0.347 e. The van der Waals surface area contributed by atoms with Crippen molar-refractivity contribution in [1.29, 1.82) is 0 Å². The predicted octanol–water partition coefficient (Wildman–Crippen LogP) is 4.99. The van der Waals surface area contributed by atoms with Crippen LogP contribution in [0.25, 0.3) is 0 Å². The van der Waals surface area contributed by atoms with Crippen LogP contribution in [0, 0.1) is 11.3 Å². The number of likely N-dealkylation sites (tertiary alicyclic amines) is 1. The summed E-state index contributed by atoms with van der Waals surface area (Å²) in [6.07, 6.45) is 11.6. The van der Waals surface area contributed by atoms with E-state index in [-0.39, 0.29) is 5.79 Å². The Kier molecular flexibility index (Phi) is 5.94. The van der Waals surface area contributed by atoms with Crippen molar-refractivity contribution in [3.8, 4) is 0 Å². The number of hydrogen-bond donors (Lipinski definition) is 0. The molecule has 1 saturated carbocycles. The van der Waals surface area contributed by atoms with Crippen LogP contribution < -0.4 is 0 Å². The fraction of sp³-hybridized carbons (Fsp3) is 1.00. The Morgan fingerprint density at radius 1 is 1.12 bits per heavy atom. The minimum atomic E-state index is -0.238. The van der Waals surface area contributed by atoms with Crippen LogP contribution in [-0.4, -0.2) is 42.5 Å². The molecule has 3 rings (SSSR count). The molecular weight excluding hydrogens is 298 g/mol. The number of ether oxygens (including phenoxy) is 2. The van der Waals surface area contributed by atoms with E-state index in [4.69, 9.17) is 9.47 Å². The lowest BCUT2D eigenvalue weighted by atomic mass is 9.68. The summed E-state index contributed by atoms with van der Waals surface area (Å²) in [7, 11) is 0. The van der Waals surface area contributed by atoms with Gasteiger partial charge in [0.15, 0.2) is 5.79 Å². The molecule has 2 aliphatic heterocycles. The van der Waals surface area contributed by atoms with E-state index in [0.717, 1.165) is 37.8 Å². The van der Waals surface area contributed by atoms with Gasteiger partial charge in [0.1, 0.15) is 0 Å². The maximum atomic E-state index is 6.46. The van der Waals surface area contributed by atoms with Crippen LogP contribution in [0.2, 0.25) is 0 Å². The molecule has 0 aromatic heterocycles. The molecule has 2 atom stereocenters. The third kappa shape index (κ3) is 4.16. The maximum absolute atomic E-state index is 6.46. The number of piperidine rings is 1. The van der Waals surface area contributed by atoms with E-state index >= 15 is 0 Å². The van der Waals surface area contributed by atoms with Crippen LogP contribution in [0.5, 0.6) is 0 Å². The van der Waals surface area contributed by atoms with Gasteiger partial charge in [-0.3, -0.25) is 0 Å². The molecule has 24 heavy (non-hydrogen) atoms. The first-order valence-corrected chi connectivity index (χ1v) is 10.5. The highest BCUT2D eigenvalue weighted by atomic mass is 16.7. The molecule has 1 aliphatic carbocycles. The average Bonchev–Trinajstić information content (AvgIpc) is 2.97. The lowest BCUT2D eigenvalue weighted by Crippen LogP contribution is -2.40. The summed E-state index contributed by atoms with van der Waals surface area (Å²) < 4.78 is 12.7. The van der Waals surface area contributed by atoms with Crippen molar-refractivity contribution in [3.05, 3.63) is 0 Å². The molecule has 0 aromatic rings. The van der Waals surface area contributed by atoms with Gasteiger partial charge in [-0.25, -0.2) is 0 Å². The van der Waals surface area contributed by atoms with Gasteiger partial charge >= 0.3 is 0 Å². The zero-order chi connectivity index (χ0) is 17.2. The van der Waals surface area contributed by atoms with Gasteiger partial charge in [0.05, 0.1) is 12.7 Å². The van der Waals surface area contributed by atoms with Gasteiger partial charge in [-0.2, -0.15) is 0 Å². The summed E-state index contributed by atoms with van der Waals surface area (Å²) in [5, 5.41) is 0. The Hall–Kier alpha value is -0.120. The van der Waals surface area contributed by atoms with Crippen molar-refractivity contribution < 1.29 is 9.47 Å². The normalized spacial score (nSPS) is 38.8. The van der Waals surface area contributed by atoms with Crippen LogP contribution >= 0.6 is 0 Å². The van der Waals surface area contributed by atoms with Gasteiger partial charge in [0, 0.05) is 25.4 Å². The molecule has 3 nitrogen and oxygen atoms in total. The molecule has 0 N–H and O–H groups in total.